The van der Waals surface area contributed by atoms with Crippen LogP contribution in [0.1, 0.15) is 25.5 Å². The number of ether oxygens (including phenoxy) is 2. The topological polar surface area (TPSA) is 64.2 Å². The summed E-state index contributed by atoms with van der Waals surface area (Å²) in [4.78, 5) is 12.4. The van der Waals surface area contributed by atoms with Crippen LogP contribution in [0, 0.1) is 5.92 Å². The molecule has 25 heavy (non-hydrogen) atoms. The molecule has 0 radical (unpaired) electrons. The van der Waals surface area contributed by atoms with Crippen molar-refractivity contribution in [2.75, 3.05) is 26.1 Å². The van der Waals surface area contributed by atoms with Gasteiger partial charge in [-0.25, -0.2) is 0 Å². The molecule has 0 unspecified atom stereocenters. The number of nitrogens with two attached hydrogens (primary N) is 1. The minimum atomic E-state index is -0.0758. The zero-order chi connectivity index (χ0) is 18.2. The van der Waals surface area contributed by atoms with Gasteiger partial charge in [-0.2, -0.15) is 0 Å². The molecule has 0 saturated carbocycles. The molecule has 0 fully saturated rings. The third-order valence-corrected chi connectivity index (χ3v) is 4.14. The first kappa shape index (κ1) is 18.8. The van der Waals surface area contributed by atoms with Crippen molar-refractivity contribution in [3.63, 3.8) is 0 Å². The molecule has 2 aromatic carbocycles. The summed E-state index contributed by atoms with van der Waals surface area (Å²) in [5.74, 6) is 1.62. The summed E-state index contributed by atoms with van der Waals surface area (Å²) < 4.78 is 10.5. The summed E-state index contributed by atoms with van der Waals surface area (Å²) in [6.07, 6.45) is 0. The van der Waals surface area contributed by atoms with E-state index in [-0.39, 0.29) is 11.9 Å². The molecule has 0 aliphatic rings. The van der Waals surface area contributed by atoms with Crippen molar-refractivity contribution < 1.29 is 19.6 Å². The molecule has 1 amide bonds. The van der Waals surface area contributed by atoms with Crippen LogP contribution in [0.3, 0.4) is 0 Å². The first-order valence-electron chi connectivity index (χ1n) is 8.45. The number of anilines is 1. The van der Waals surface area contributed by atoms with Gasteiger partial charge in [-0.3, -0.25) is 4.79 Å². The molecule has 1 atom stereocenters. The minimum Gasteiger partial charge on any atom is -0.497 e. The Kier molecular flexibility index (Phi) is 6.83. The molecule has 0 aliphatic carbocycles. The van der Waals surface area contributed by atoms with Crippen molar-refractivity contribution in [1.29, 1.82) is 0 Å². The van der Waals surface area contributed by atoms with E-state index in [1.54, 1.807) is 32.4 Å². The second-order valence-corrected chi connectivity index (χ2v) is 6.23. The molecule has 0 bridgehead atoms. The molecule has 0 spiro atoms. The number of hydrogen-bond acceptors (Lipinski definition) is 3. The molecular weight excluding hydrogens is 316 g/mol. The van der Waals surface area contributed by atoms with Crippen molar-refractivity contribution in [2.24, 2.45) is 5.92 Å². The predicted octanol–water partition coefficient (Wildman–Crippen LogP) is 2.60. The largest absolute Gasteiger partial charge is 0.497 e. The Morgan fingerprint density at radius 2 is 1.80 bits per heavy atom. The number of carbonyl (C=O) groups excluding carboxylic acids is 1. The number of rotatable bonds is 8. The maximum absolute atomic E-state index is 12.4. The second-order valence-electron chi connectivity index (χ2n) is 6.23. The van der Waals surface area contributed by atoms with E-state index < -0.39 is 0 Å². The van der Waals surface area contributed by atoms with Crippen LogP contribution in [0.25, 0.3) is 0 Å². The smallest absolute Gasteiger partial charge is 0.279 e. The molecule has 134 valence electrons. The van der Waals surface area contributed by atoms with Gasteiger partial charge in [0, 0.05) is 17.5 Å². The Labute approximate surface area is 149 Å². The summed E-state index contributed by atoms with van der Waals surface area (Å²) in [6, 6.07) is 15.8. The highest BCUT2D eigenvalue weighted by molar-refractivity contribution is 5.93. The molecular formula is C20H27N2O3+. The monoisotopic (exact) mass is 343 g/mol. The SMILES string of the molecule is COc1ccc(OC)c(NC(=O)C[NH2+][C@H](c2ccccc2)C(C)C)c1. The highest BCUT2D eigenvalue weighted by Crippen LogP contribution is 2.28. The van der Waals surface area contributed by atoms with Gasteiger partial charge in [0.25, 0.3) is 5.91 Å². The lowest BCUT2D eigenvalue weighted by Crippen LogP contribution is -2.88. The molecule has 2 aromatic rings. The third kappa shape index (κ3) is 5.22. The van der Waals surface area contributed by atoms with Gasteiger partial charge in [-0.05, 0) is 12.1 Å². The van der Waals surface area contributed by atoms with Gasteiger partial charge in [0.15, 0.2) is 6.54 Å². The normalized spacial score (nSPS) is 11.9. The van der Waals surface area contributed by atoms with E-state index >= 15 is 0 Å². The zero-order valence-corrected chi connectivity index (χ0v) is 15.3. The molecule has 0 saturated heterocycles. The molecule has 0 aliphatic heterocycles. The summed E-state index contributed by atoms with van der Waals surface area (Å²) in [5, 5.41) is 4.98. The van der Waals surface area contributed by atoms with Crippen LogP contribution < -0.4 is 20.1 Å². The van der Waals surface area contributed by atoms with E-state index in [2.05, 4.69) is 36.6 Å². The molecule has 3 N–H and O–H groups in total. The zero-order valence-electron chi connectivity index (χ0n) is 15.3. The van der Waals surface area contributed by atoms with Gasteiger partial charge >= 0.3 is 0 Å². The lowest BCUT2D eigenvalue weighted by Gasteiger charge is -2.19. The third-order valence-electron chi connectivity index (χ3n) is 4.14. The van der Waals surface area contributed by atoms with Crippen LogP contribution in [0.5, 0.6) is 11.5 Å². The van der Waals surface area contributed by atoms with Crippen LogP contribution in [-0.4, -0.2) is 26.7 Å². The maximum atomic E-state index is 12.4. The van der Waals surface area contributed by atoms with E-state index in [0.29, 0.717) is 29.6 Å². The average molecular weight is 343 g/mol. The lowest BCUT2D eigenvalue weighted by molar-refractivity contribution is -0.692. The summed E-state index contributed by atoms with van der Waals surface area (Å²) in [5.41, 5.74) is 1.84. The fraction of sp³-hybridized carbons (Fsp3) is 0.350. The number of quaternary nitrogens is 1. The Morgan fingerprint density at radius 1 is 1.08 bits per heavy atom. The average Bonchev–Trinajstić information content (AvgIpc) is 2.62. The van der Waals surface area contributed by atoms with Crippen LogP contribution >= 0.6 is 0 Å². The van der Waals surface area contributed by atoms with Crippen LogP contribution in [0.2, 0.25) is 0 Å². The van der Waals surface area contributed by atoms with Gasteiger partial charge < -0.3 is 20.1 Å². The summed E-state index contributed by atoms with van der Waals surface area (Å²) >= 11 is 0. The number of amides is 1. The van der Waals surface area contributed by atoms with Crippen molar-refractivity contribution in [3.05, 3.63) is 54.1 Å². The Morgan fingerprint density at radius 3 is 2.40 bits per heavy atom. The van der Waals surface area contributed by atoms with Crippen molar-refractivity contribution >= 4 is 11.6 Å². The van der Waals surface area contributed by atoms with Crippen molar-refractivity contribution in [2.45, 2.75) is 19.9 Å². The number of benzene rings is 2. The van der Waals surface area contributed by atoms with E-state index in [9.17, 15) is 4.79 Å². The number of methoxy groups -OCH3 is 2. The van der Waals surface area contributed by atoms with E-state index in [4.69, 9.17) is 9.47 Å². The lowest BCUT2D eigenvalue weighted by atomic mass is 9.96. The highest BCUT2D eigenvalue weighted by atomic mass is 16.5. The standard InChI is InChI=1S/C20H26N2O3/c1-14(2)20(15-8-6-5-7-9-15)21-13-19(23)22-17-12-16(24-3)10-11-18(17)25-4/h5-12,14,20-21H,13H2,1-4H3,(H,22,23)/p+1/t20-/m0/s1. The number of hydrogen-bond donors (Lipinski definition) is 2. The summed E-state index contributed by atoms with van der Waals surface area (Å²) in [7, 11) is 3.17. The van der Waals surface area contributed by atoms with Gasteiger partial charge in [-0.15, -0.1) is 0 Å². The number of carbonyl (C=O) groups is 1. The van der Waals surface area contributed by atoms with Gasteiger partial charge in [-0.1, -0.05) is 44.2 Å². The fourth-order valence-corrected chi connectivity index (χ4v) is 2.82. The Balaban J connectivity index is 2.02. The van der Waals surface area contributed by atoms with Crippen LogP contribution in [-0.2, 0) is 4.79 Å². The Bertz CT molecular complexity index is 687. The number of nitrogens with one attached hydrogen (secondary N) is 1. The fourth-order valence-electron chi connectivity index (χ4n) is 2.82. The van der Waals surface area contributed by atoms with Crippen LogP contribution in [0.15, 0.2) is 48.5 Å². The molecule has 5 nitrogen and oxygen atoms in total. The van der Waals surface area contributed by atoms with Crippen molar-refractivity contribution in [1.82, 2.24) is 0 Å². The van der Waals surface area contributed by atoms with E-state index in [1.807, 2.05) is 18.2 Å². The first-order valence-corrected chi connectivity index (χ1v) is 8.45. The van der Waals surface area contributed by atoms with Gasteiger partial charge in [0.05, 0.1) is 19.9 Å². The van der Waals surface area contributed by atoms with Gasteiger partial charge in [0.1, 0.15) is 17.5 Å². The molecule has 0 aromatic heterocycles. The predicted molar refractivity (Wildman–Crippen MR) is 99.0 cm³/mol. The van der Waals surface area contributed by atoms with E-state index in [0.717, 1.165) is 0 Å². The molecule has 0 heterocycles. The minimum absolute atomic E-state index is 0.0758. The first-order chi connectivity index (χ1) is 12.0. The Hall–Kier alpha value is -2.53. The highest BCUT2D eigenvalue weighted by Gasteiger charge is 2.20. The second kappa shape index (κ2) is 9.08. The van der Waals surface area contributed by atoms with Crippen LogP contribution in [0.4, 0.5) is 5.69 Å². The quantitative estimate of drug-likeness (QED) is 0.774. The van der Waals surface area contributed by atoms with Crippen molar-refractivity contribution in [3.8, 4) is 11.5 Å². The maximum Gasteiger partial charge on any atom is 0.279 e. The van der Waals surface area contributed by atoms with E-state index in [1.165, 1.54) is 5.56 Å². The summed E-state index contributed by atoms with van der Waals surface area (Å²) in [6.45, 7) is 4.66. The molecule has 5 heteroatoms. The van der Waals surface area contributed by atoms with Gasteiger partial charge in [0.2, 0.25) is 0 Å². The molecule has 2 rings (SSSR count).